The largest absolute Gasteiger partial charge is 1.00 e. The summed E-state index contributed by atoms with van der Waals surface area (Å²) in [5.74, 6) is 7.12. The molecule has 3 aromatic rings. The fraction of sp³-hybridized carbons (Fsp3) is 0.458. The molecule has 4 saturated heterocycles. The number of carbonyl (C=O) groups excluding carboxylic acids is 6. The van der Waals surface area contributed by atoms with Crippen LogP contribution in [-0.4, -0.2) is 225 Å². The van der Waals surface area contributed by atoms with Crippen molar-refractivity contribution in [3.8, 4) is 102 Å². The number of terminal acetylenes is 3. The molecule has 0 radical (unpaired) electrons. The van der Waals surface area contributed by atoms with Gasteiger partial charge >= 0.3 is 287 Å². The normalized spacial score (nSPS) is 17.7. The Morgan fingerprint density at radius 3 is 1.27 bits per heavy atom. The molecule has 6 atom stereocenters. The minimum atomic E-state index is -3.70. The van der Waals surface area contributed by atoms with Gasteiger partial charge in [0.15, 0.2) is 0 Å². The number of alkyl halides is 14. The molecule has 5 heterocycles. The van der Waals surface area contributed by atoms with Gasteiger partial charge in [0.05, 0.1) is 52.4 Å². The molecule has 0 aliphatic carbocycles. The second-order valence-corrected chi connectivity index (χ2v) is 41.3. The summed E-state index contributed by atoms with van der Waals surface area (Å²) in [6.07, 6.45) is 29.3. The summed E-state index contributed by atoms with van der Waals surface area (Å²) in [6.45, 7) is 47.3. The molecule has 0 bridgehead atoms. The van der Waals surface area contributed by atoms with Gasteiger partial charge in [0.25, 0.3) is 11.8 Å². The second-order valence-electron chi connectivity index (χ2n) is 30.4. The number of carboxylic acid groups (broad SMARTS) is 1. The van der Waals surface area contributed by atoms with Crippen molar-refractivity contribution >= 4 is 113 Å². The molecular weight excluding hydrogens is 2320 g/mol. The fourth-order valence-electron chi connectivity index (χ4n) is 11.6. The molecule has 23 nitrogen and oxygen atoms in total. The molecule has 5 aliphatic rings. The summed E-state index contributed by atoms with van der Waals surface area (Å²) in [5, 5.41) is 18.6. The Labute approximate surface area is 945 Å². The van der Waals surface area contributed by atoms with E-state index in [9.17, 15) is 86.2 Å². The summed E-state index contributed by atoms with van der Waals surface area (Å²) in [5.41, 5.74) is -0.774. The van der Waals surface area contributed by atoms with Gasteiger partial charge in [0, 0.05) is 86.7 Å². The van der Waals surface area contributed by atoms with Crippen molar-refractivity contribution in [1.82, 2.24) is 0 Å². The van der Waals surface area contributed by atoms with E-state index in [4.69, 9.17) is 67.8 Å². The van der Waals surface area contributed by atoms with E-state index in [2.05, 4.69) is 254 Å². The van der Waals surface area contributed by atoms with E-state index in [0.717, 1.165) is 62.6 Å². The van der Waals surface area contributed by atoms with E-state index in [-0.39, 0.29) is 164 Å². The topological polar surface area (TPSA) is 320 Å². The Kier molecular flexibility index (Phi) is 82.5. The van der Waals surface area contributed by atoms with E-state index < -0.39 is 122 Å². The van der Waals surface area contributed by atoms with Crippen molar-refractivity contribution in [3.63, 3.8) is 0 Å². The van der Waals surface area contributed by atoms with Gasteiger partial charge in [0.2, 0.25) is 33.8 Å². The molecule has 0 aromatic heterocycles. The number of hydrogen-bond donors (Lipinski definition) is 2. The van der Waals surface area contributed by atoms with Crippen molar-refractivity contribution in [1.29, 1.82) is 0 Å². The standard InChI is InChI=1S/C21H26N2.C12H2.C11H16F2O3.C9H14F2O3.C9H12F2O3.C8H12F2O3.C7H10F2O3.C7H6.C6H.C5H8O3.C5H10O.C3H3BrF2.C3H5Br.CH3.2ClH.Li.2H2O.Pd.Ru.15H2/c1-14-9-16(3)20(17(4)10-14)22-7-8-23(13-22)21-18(5)11-15(2)12-19(21)6;1-3-5-7-9-11-12-10-8-6-4-2;1-5-8-16-10(4,9(14)15-7-3)11(12,13)6-2;2*1-3-13-7(12)8(2)9(10,11)5-4-6-14-8;1-4-8(9,10)7(3,12)6(11)13-5-2;1-6(5(10)11)7(8,9)3-2-4-12-6;1-7-5-3-2-4-6-7;1-3-5-6-4-2;1-3-8-5(7)4(2)6;1-5-3-2-4-6-5;1-2-3(4,5)6;1-2-3-4;;;;;;;;;;;;;;;;;;;;;;;/h9-12H,7-8H2,1-6H3;1-2H;5-6H,1-2,7-8H2,3-4H3;3-6H2,1-2H3;4-5H,3,6H2,1-2H3;4,12H,1,5H2,2-3H3;2-4H2,1H3,(H,10,11);1-6H;1H;3H2,1-2H3;5H,2-4H2,1H3;2H,1H2;2H,1,3H2;1H3;2*1H;;2*1H2;;;15*1H/q;;;;;;;;-1;;;;;-1;;;+1;;;;+2;;;;;;;;;;;;;;;/p-3. The smallest absolute Gasteiger partial charge is 0.870 e. The van der Waals surface area contributed by atoms with Crippen LogP contribution in [0.25, 0.3) is 0 Å². The maximum atomic E-state index is 13.5. The van der Waals surface area contributed by atoms with Crippen LogP contribution in [-0.2, 0) is 113 Å². The summed E-state index contributed by atoms with van der Waals surface area (Å²) < 4.78 is 204. The number of nitrogens with zero attached hydrogens (tertiary/aromatic N) is 2. The van der Waals surface area contributed by atoms with Crippen LogP contribution in [0.1, 0.15) is 182 Å². The molecule has 0 saturated carbocycles. The third-order valence-electron chi connectivity index (χ3n) is 19.1. The average molecular weight is 2480 g/mol. The van der Waals surface area contributed by atoms with E-state index in [1.165, 1.54) is 90.5 Å². The Bertz CT molecular complexity index is 5360. The second kappa shape index (κ2) is 78.4. The monoisotopic (exact) mass is 2480 g/mol. The third kappa shape index (κ3) is 54.4. The van der Waals surface area contributed by atoms with Gasteiger partial charge < -0.3 is 82.4 Å². The van der Waals surface area contributed by atoms with Gasteiger partial charge in [-0.3, -0.25) is 10.7 Å². The number of carbonyl (C=O) groups is 7. The summed E-state index contributed by atoms with van der Waals surface area (Å²) in [7, 11) is 14.8. The molecule has 5 N–H and O–H groups in total. The molecule has 0 amide bonds. The Balaban J connectivity index is -0.0000000610. The van der Waals surface area contributed by atoms with Crippen LogP contribution in [0.3, 0.4) is 0 Å². The molecule has 8 rings (SSSR count). The number of ether oxygens (including phenoxy) is 10. The molecule has 3 aromatic carbocycles. The summed E-state index contributed by atoms with van der Waals surface area (Å²) in [4.78, 5) is 77.5. The van der Waals surface area contributed by atoms with E-state index >= 15 is 0 Å². The number of hydrogen-bond acceptors (Lipinski definition) is 21. The van der Waals surface area contributed by atoms with Gasteiger partial charge in [-0.1, -0.05) is 53.9 Å². The van der Waals surface area contributed by atoms with Gasteiger partial charge in [-0.2, -0.15) is 35.1 Å². The first-order valence-corrected chi connectivity index (χ1v) is 51.9. The van der Waals surface area contributed by atoms with Crippen molar-refractivity contribution in [3.05, 3.63) is 183 Å². The number of ketones is 1. The Morgan fingerprint density at radius 2 is 0.980 bits per heavy atom. The van der Waals surface area contributed by atoms with Crippen LogP contribution in [0.5, 0.6) is 0 Å². The number of halogens is 16. The summed E-state index contributed by atoms with van der Waals surface area (Å²) in [6, 6.07) is 19.2. The van der Waals surface area contributed by atoms with Crippen LogP contribution in [0, 0.1) is 158 Å². The number of anilines is 2. The maximum Gasteiger partial charge on any atom is 1.00 e. The van der Waals surface area contributed by atoms with E-state index in [0.29, 0.717) is 31.3 Å². The van der Waals surface area contributed by atoms with E-state index in [1.807, 2.05) is 46.0 Å². The number of aliphatic hydroxyl groups is 1. The molecule has 0 spiro atoms. The molecule has 6 unspecified atom stereocenters. The average Bonchev–Trinajstić information content (AvgIpc) is 1.45. The van der Waals surface area contributed by atoms with Crippen molar-refractivity contribution < 1.29 is 227 Å². The van der Waals surface area contributed by atoms with Crippen LogP contribution >= 0.6 is 51.2 Å². The van der Waals surface area contributed by atoms with Gasteiger partial charge in [-0.15, -0.1) is 38.3 Å². The zero-order chi connectivity index (χ0) is 112. The molecule has 149 heavy (non-hydrogen) atoms. The Hall–Kier alpha value is -9.77. The third-order valence-corrected chi connectivity index (χ3v) is 25.4. The SMILES string of the molecule is C#CC#CC#CC#CC#CC#C.C=CC(F)(F)Br.C=CC(F)(F)C(C)(O)C(=O)OCC.C=CCBr.C=CCOC(C)(C(=O)OCC)C(F)(F)C=C.CC1(C(=O)O)OCCCC1(F)F.CC1CCCO1.CCOC(=O)C(C)=O.CCOC(=O)C1(C)OCC=CC1(F)F.CCOC(=O)C1(C)OCCCC1(F)F.Cc1cc(C)c(N2CCN(c3c(C)cc(C)cc3C)[C]2=[Ru]([Cl])([Cl])=[CH]c2ccccc2)c(C)c1.O.[C-]#CC#CC#C.[CH3-].[HH].[HH].[HH].[HH].[HH].[HH].[HH].[HH].[HH].[HH].[HH].[HH].[HH].[HH].[HH].[Li+].[OH-].[Pd]. The fourth-order valence-corrected chi connectivity index (χ4v) is 17.7. The summed E-state index contributed by atoms with van der Waals surface area (Å²) >= 11 is 1.72. The molecule has 858 valence electrons. The first-order valence-electron chi connectivity index (χ1n) is 43.6. The van der Waals surface area contributed by atoms with Crippen LogP contribution in [0.4, 0.5) is 64.1 Å². The minimum absolute atomic E-state index is 0. The van der Waals surface area contributed by atoms with Gasteiger partial charge in [-0.25, -0.2) is 52.2 Å². The molecular formula is C107H161Br2Cl2F12LiN2O21PdRu-2. The minimum Gasteiger partial charge on any atom is -0.870 e. The number of aryl methyl sites for hydroxylation is 6. The van der Waals surface area contributed by atoms with Crippen molar-refractivity contribution in [2.75, 3.05) is 94.3 Å². The number of esters is 5. The Morgan fingerprint density at radius 1 is 0.604 bits per heavy atom. The first kappa shape index (κ1) is 157. The number of rotatable bonds is 23. The molecule has 42 heteroatoms. The van der Waals surface area contributed by atoms with Crippen LogP contribution < -0.4 is 28.7 Å². The predicted molar refractivity (Wildman–Crippen MR) is 586 cm³/mol. The number of carboxylic acids is 1. The quantitative estimate of drug-likeness (QED) is 0.0102. The molecule has 5 aliphatic heterocycles. The maximum absolute atomic E-state index is 13.5. The van der Waals surface area contributed by atoms with E-state index in [1.54, 1.807) is 26.8 Å². The zero-order valence-corrected chi connectivity index (χ0v) is 95.0. The zero-order valence-electron chi connectivity index (χ0n) is 87.0. The van der Waals surface area contributed by atoms with Crippen LogP contribution in [0.15, 0.2) is 130 Å². The number of aliphatic carboxylic acids is 1. The molecule has 4 fully saturated rings. The van der Waals surface area contributed by atoms with Gasteiger partial charge in [-0.05, 0) is 207 Å². The van der Waals surface area contributed by atoms with Crippen molar-refractivity contribution in [2.24, 2.45) is 0 Å². The van der Waals surface area contributed by atoms with Gasteiger partial charge in [0.1, 0.15) is 0 Å². The predicted octanol–water partition coefficient (Wildman–Crippen LogP) is 20.9. The first-order chi connectivity index (χ1) is 66.9. The number of Topliss-reactive ketones (excluding diaryl/α,β-unsaturated/α-hetero) is 1. The van der Waals surface area contributed by atoms with Crippen molar-refractivity contribution in [2.45, 2.75) is 232 Å². The number of benzene rings is 3. The van der Waals surface area contributed by atoms with Crippen LogP contribution in [0.2, 0.25) is 0 Å². The number of allylic oxidation sites excluding steroid dienone is 2.